The maximum atomic E-state index is 6.59. The van der Waals surface area contributed by atoms with Gasteiger partial charge in [-0.05, 0) is 155 Å². The first-order valence-corrected chi connectivity index (χ1v) is 23.0. The minimum absolute atomic E-state index is 0.00688. The fourth-order valence-electron chi connectivity index (χ4n) is 11.2. The third-order valence-corrected chi connectivity index (χ3v) is 16.5. The molecule has 0 radical (unpaired) electrons. The maximum absolute atomic E-state index is 6.59. The van der Waals surface area contributed by atoms with Crippen molar-refractivity contribution < 1.29 is 47.4 Å². The van der Waals surface area contributed by atoms with Gasteiger partial charge >= 0.3 is 0 Å². The van der Waals surface area contributed by atoms with E-state index in [1.165, 1.54) is 64.2 Å². The van der Waals surface area contributed by atoms with Crippen molar-refractivity contribution in [2.24, 2.45) is 34.5 Å². The Hall–Kier alpha value is -0.400. The third kappa shape index (κ3) is 9.40. The van der Waals surface area contributed by atoms with E-state index < -0.39 is 0 Å². The van der Waals surface area contributed by atoms with E-state index >= 15 is 0 Å². The molecule has 0 aromatic carbocycles. The van der Waals surface area contributed by atoms with E-state index in [1.807, 2.05) is 0 Å². The molecule has 0 spiro atoms. The maximum Gasteiger partial charge on any atom is 0.0920 e. The molecule has 10 nitrogen and oxygen atoms in total. The first-order valence-electron chi connectivity index (χ1n) is 23.0. The summed E-state index contributed by atoms with van der Waals surface area (Å²) in [6, 6.07) is 0. The van der Waals surface area contributed by atoms with Crippen LogP contribution in [0.1, 0.15) is 131 Å². The summed E-state index contributed by atoms with van der Waals surface area (Å²) in [5.41, 5.74) is 0.154. The second-order valence-corrected chi connectivity index (χ2v) is 22.0. The van der Waals surface area contributed by atoms with E-state index in [9.17, 15) is 0 Å². The van der Waals surface area contributed by atoms with Crippen LogP contribution in [-0.2, 0) is 47.4 Å². The van der Waals surface area contributed by atoms with Crippen molar-refractivity contribution in [1.82, 2.24) is 0 Å². The molecule has 6 saturated heterocycles. The topological polar surface area (TPSA) is 106 Å². The van der Waals surface area contributed by atoms with Gasteiger partial charge in [0.2, 0.25) is 0 Å². The number of fused-ring (bicyclic) bond motifs is 4. The van der Waals surface area contributed by atoms with Gasteiger partial charge in [0, 0.05) is 13.2 Å². The van der Waals surface area contributed by atoms with E-state index in [0.29, 0.717) is 61.7 Å². The summed E-state index contributed by atoms with van der Waals surface area (Å²) in [6.07, 6.45) is 20.2. The minimum Gasteiger partial charge on any atom is -0.381 e. The van der Waals surface area contributed by atoms with Gasteiger partial charge in [0.1, 0.15) is 0 Å². The summed E-state index contributed by atoms with van der Waals surface area (Å²) in [5.74, 6) is 2.72. The van der Waals surface area contributed by atoms with Crippen LogP contribution in [0.5, 0.6) is 0 Å². The molecule has 0 N–H and O–H groups in total. The SMILES string of the molecule is C(CC1CCC2OC2C1)OCC1(COCCC2CCC3OC3C2)COC1.CC(C)(OCC1(COC(C)(C)C2CCC3(C)OC3C2)COC1)C1CCC2(C)OC2C1. The van der Waals surface area contributed by atoms with Gasteiger partial charge in [-0.3, -0.25) is 0 Å². The number of hydrogen-bond acceptors (Lipinski definition) is 10. The molecule has 6 heterocycles. The summed E-state index contributed by atoms with van der Waals surface area (Å²) in [4.78, 5) is 0. The fourth-order valence-corrected chi connectivity index (χ4v) is 11.2. The smallest absolute Gasteiger partial charge is 0.0920 e. The minimum atomic E-state index is -0.136. The number of rotatable bonds is 18. The number of hydrogen-bond donors (Lipinski definition) is 0. The molecule has 4 saturated carbocycles. The lowest BCUT2D eigenvalue weighted by molar-refractivity contribution is -0.224. The molecule has 0 bridgehead atoms. The van der Waals surface area contributed by atoms with Crippen LogP contribution in [0.2, 0.25) is 0 Å². The summed E-state index contributed by atoms with van der Waals surface area (Å²) >= 11 is 0. The summed E-state index contributed by atoms with van der Waals surface area (Å²) in [7, 11) is 0. The molecule has 10 heteroatoms. The van der Waals surface area contributed by atoms with Crippen LogP contribution >= 0.6 is 0 Å². The molecule has 12 unspecified atom stereocenters. The van der Waals surface area contributed by atoms with Crippen molar-refractivity contribution >= 4 is 0 Å². The highest BCUT2D eigenvalue weighted by molar-refractivity contribution is 5.07. The lowest BCUT2D eigenvalue weighted by atomic mass is 9.75. The van der Waals surface area contributed by atoms with Crippen molar-refractivity contribution in [2.45, 2.75) is 190 Å². The Morgan fingerprint density at radius 1 is 0.518 bits per heavy atom. The Morgan fingerprint density at radius 2 is 0.946 bits per heavy atom. The van der Waals surface area contributed by atoms with Crippen LogP contribution in [0, 0.1) is 34.5 Å². The predicted molar refractivity (Wildman–Crippen MR) is 211 cm³/mol. The largest absolute Gasteiger partial charge is 0.381 e. The molecule has 56 heavy (non-hydrogen) atoms. The van der Waals surface area contributed by atoms with Crippen LogP contribution < -0.4 is 0 Å². The molecular formula is C46H76O10. The summed E-state index contributed by atoms with van der Waals surface area (Å²) < 4.78 is 59.4. The number of epoxide rings is 4. The average Bonchev–Trinajstić information content (AvgIpc) is 3.98. The normalized spacial score (nSPS) is 43.6. The molecule has 6 aliphatic heterocycles. The zero-order chi connectivity index (χ0) is 38.8. The van der Waals surface area contributed by atoms with Crippen LogP contribution in [-0.4, -0.2) is 125 Å². The van der Waals surface area contributed by atoms with Gasteiger partial charge in [-0.2, -0.15) is 0 Å². The lowest BCUT2D eigenvalue weighted by Gasteiger charge is -2.47. The van der Waals surface area contributed by atoms with Crippen molar-refractivity contribution in [3.8, 4) is 0 Å². The molecule has 10 fully saturated rings. The molecule has 10 aliphatic rings. The highest BCUT2D eigenvalue weighted by Crippen LogP contribution is 2.54. The first-order chi connectivity index (χ1) is 26.8. The van der Waals surface area contributed by atoms with E-state index in [0.717, 1.165) is 90.4 Å². The zero-order valence-electron chi connectivity index (χ0n) is 35.8. The van der Waals surface area contributed by atoms with Crippen LogP contribution in [0.25, 0.3) is 0 Å². The molecule has 0 amide bonds. The molecular weight excluding hydrogens is 712 g/mol. The van der Waals surface area contributed by atoms with Crippen LogP contribution in [0.4, 0.5) is 0 Å². The van der Waals surface area contributed by atoms with Gasteiger partial charge < -0.3 is 47.4 Å². The van der Waals surface area contributed by atoms with Crippen molar-refractivity contribution in [3.05, 3.63) is 0 Å². The Bertz CT molecular complexity index is 1260. The van der Waals surface area contributed by atoms with Gasteiger partial charge in [-0.25, -0.2) is 0 Å². The van der Waals surface area contributed by atoms with Gasteiger partial charge in [-0.1, -0.05) is 0 Å². The zero-order valence-corrected chi connectivity index (χ0v) is 35.8. The number of ether oxygens (including phenoxy) is 10. The standard InChI is InChI=1S/C25H42O5.C21H34O5/c1-21(2,17-7-9-23(5)19(11-17)29-23)27-15-25(13-26-14-25)16-28-22(3,4)18-8-10-24(6)20(12-18)30-24;1-3-17-19(25-17)9-15(1)5-7-22-11-21(13-24-14-21)12-23-8-6-16-2-4-18-20(10-16)26-18/h17-20H,7-16H2,1-6H3;15-20H,1-14H2. The second kappa shape index (κ2) is 15.8. The lowest BCUT2D eigenvalue weighted by Crippen LogP contribution is -2.54. The average molecular weight is 789 g/mol. The molecule has 12 atom stereocenters. The predicted octanol–water partition coefficient (Wildman–Crippen LogP) is 7.46. The molecule has 320 valence electrons. The van der Waals surface area contributed by atoms with Crippen LogP contribution in [0.3, 0.4) is 0 Å². The van der Waals surface area contributed by atoms with Gasteiger partial charge in [0.15, 0.2) is 0 Å². The van der Waals surface area contributed by atoms with E-state index in [2.05, 4.69) is 41.5 Å². The summed E-state index contributed by atoms with van der Waals surface area (Å²) in [6.45, 7) is 21.3. The Morgan fingerprint density at radius 3 is 1.32 bits per heavy atom. The van der Waals surface area contributed by atoms with E-state index in [-0.39, 0.29) is 33.2 Å². The van der Waals surface area contributed by atoms with Crippen molar-refractivity contribution in [2.75, 3.05) is 66.1 Å². The van der Waals surface area contributed by atoms with Gasteiger partial charge in [-0.15, -0.1) is 0 Å². The quantitative estimate of drug-likeness (QED) is 0.103. The Kier molecular flexibility index (Phi) is 11.6. The van der Waals surface area contributed by atoms with Crippen LogP contribution in [0.15, 0.2) is 0 Å². The van der Waals surface area contributed by atoms with Gasteiger partial charge in [0.25, 0.3) is 0 Å². The van der Waals surface area contributed by atoms with E-state index in [1.54, 1.807) is 0 Å². The second-order valence-electron chi connectivity index (χ2n) is 22.0. The third-order valence-electron chi connectivity index (χ3n) is 16.5. The summed E-state index contributed by atoms with van der Waals surface area (Å²) in [5, 5.41) is 0. The molecule has 10 rings (SSSR count). The Labute approximate surface area is 337 Å². The van der Waals surface area contributed by atoms with Gasteiger partial charge in [0.05, 0.1) is 123 Å². The molecule has 0 aromatic rings. The first kappa shape index (κ1) is 41.0. The van der Waals surface area contributed by atoms with E-state index in [4.69, 9.17) is 47.4 Å². The Balaban J connectivity index is 0.000000148. The monoisotopic (exact) mass is 789 g/mol. The fraction of sp³-hybridized carbons (Fsp3) is 1.00. The van der Waals surface area contributed by atoms with Crippen molar-refractivity contribution in [3.63, 3.8) is 0 Å². The highest BCUT2D eigenvalue weighted by atomic mass is 16.6. The highest BCUT2D eigenvalue weighted by Gasteiger charge is 2.59. The van der Waals surface area contributed by atoms with Crippen molar-refractivity contribution in [1.29, 1.82) is 0 Å². The molecule has 0 aromatic heterocycles. The molecule has 4 aliphatic carbocycles.